The van der Waals surface area contributed by atoms with Gasteiger partial charge in [0.05, 0.1) is 11.0 Å². The van der Waals surface area contributed by atoms with Gasteiger partial charge in [-0.15, -0.1) is 0 Å². The van der Waals surface area contributed by atoms with Crippen molar-refractivity contribution in [3.63, 3.8) is 0 Å². The summed E-state index contributed by atoms with van der Waals surface area (Å²) in [6.45, 7) is 3.03. The molecule has 1 heterocycles. The minimum absolute atomic E-state index is 0.317. The largest absolute Gasteiger partial charge is 0.316 e. The minimum Gasteiger partial charge on any atom is -0.316 e. The Balaban J connectivity index is 2.03. The van der Waals surface area contributed by atoms with E-state index in [1.54, 1.807) is 0 Å². The van der Waals surface area contributed by atoms with Crippen molar-refractivity contribution in [2.75, 3.05) is 6.54 Å². The molecule has 0 radical (unpaired) electrons. The Kier molecular flexibility index (Phi) is 3.92. The Hall–Kier alpha value is -1.88. The summed E-state index contributed by atoms with van der Waals surface area (Å²) in [5.74, 6) is 0.650. The maximum absolute atomic E-state index is 11.5. The second-order valence-corrected chi connectivity index (χ2v) is 5.79. The van der Waals surface area contributed by atoms with Crippen LogP contribution in [0.5, 0.6) is 0 Å². The quantitative estimate of drug-likeness (QED) is 0.753. The van der Waals surface area contributed by atoms with Crippen molar-refractivity contribution in [1.29, 1.82) is 0 Å². The van der Waals surface area contributed by atoms with Gasteiger partial charge < -0.3 is 15.3 Å². The third-order valence-electron chi connectivity index (χ3n) is 4.40. The summed E-state index contributed by atoms with van der Waals surface area (Å²) in [4.78, 5) is 28.1. The van der Waals surface area contributed by atoms with Crippen molar-refractivity contribution in [2.45, 2.75) is 38.6 Å². The van der Waals surface area contributed by atoms with E-state index < -0.39 is 11.1 Å². The van der Waals surface area contributed by atoms with Gasteiger partial charge in [0.15, 0.2) is 0 Å². The summed E-state index contributed by atoms with van der Waals surface area (Å²) in [5.41, 5.74) is 1.34. The number of benzene rings is 1. The van der Waals surface area contributed by atoms with E-state index in [1.807, 2.05) is 18.2 Å². The van der Waals surface area contributed by atoms with Crippen molar-refractivity contribution in [3.8, 4) is 0 Å². The van der Waals surface area contributed by atoms with Gasteiger partial charge in [0.2, 0.25) is 0 Å². The Labute approximate surface area is 122 Å². The fraction of sp³-hybridized carbons (Fsp3) is 0.500. The summed E-state index contributed by atoms with van der Waals surface area (Å²) in [6, 6.07) is 6.22. The van der Waals surface area contributed by atoms with Crippen LogP contribution in [0.15, 0.2) is 27.8 Å². The van der Waals surface area contributed by atoms with Gasteiger partial charge in [0.25, 0.3) is 0 Å². The molecule has 1 saturated carbocycles. The van der Waals surface area contributed by atoms with Gasteiger partial charge in [-0.25, -0.2) is 0 Å². The second-order valence-electron chi connectivity index (χ2n) is 5.79. The first-order valence-corrected chi connectivity index (χ1v) is 7.68. The van der Waals surface area contributed by atoms with Crippen LogP contribution < -0.4 is 16.4 Å². The highest BCUT2D eigenvalue weighted by Gasteiger charge is 2.25. The Morgan fingerprint density at radius 1 is 1.14 bits per heavy atom. The molecular weight excluding hydrogens is 266 g/mol. The molecule has 1 unspecified atom stereocenters. The standard InChI is InChI=1S/C16H21N3O2/c1-2-17-14(10-5-3-4-6-10)11-7-8-12-13(9-11)19-16(21)15(20)18-12/h7-10,14,17H,2-6H2,1H3,(H,18,20)(H,19,21). The summed E-state index contributed by atoms with van der Waals surface area (Å²) in [5, 5.41) is 3.57. The first-order chi connectivity index (χ1) is 10.2. The first-order valence-electron chi connectivity index (χ1n) is 7.68. The van der Waals surface area contributed by atoms with Gasteiger partial charge in [-0.2, -0.15) is 0 Å². The molecule has 112 valence electrons. The lowest BCUT2D eigenvalue weighted by Gasteiger charge is -2.25. The zero-order chi connectivity index (χ0) is 14.8. The molecule has 0 amide bonds. The zero-order valence-electron chi connectivity index (χ0n) is 12.2. The molecule has 21 heavy (non-hydrogen) atoms. The molecule has 1 atom stereocenters. The molecule has 1 aliphatic rings. The lowest BCUT2D eigenvalue weighted by Crippen LogP contribution is -2.29. The molecule has 2 aromatic rings. The van der Waals surface area contributed by atoms with E-state index >= 15 is 0 Å². The highest BCUT2D eigenvalue weighted by molar-refractivity contribution is 5.74. The number of hydrogen-bond acceptors (Lipinski definition) is 3. The Morgan fingerprint density at radius 3 is 2.48 bits per heavy atom. The van der Waals surface area contributed by atoms with E-state index in [4.69, 9.17) is 0 Å². The average molecular weight is 287 g/mol. The molecule has 5 nitrogen and oxygen atoms in total. The average Bonchev–Trinajstić information content (AvgIpc) is 2.99. The van der Waals surface area contributed by atoms with Crippen LogP contribution in [0.1, 0.15) is 44.2 Å². The van der Waals surface area contributed by atoms with E-state index in [2.05, 4.69) is 22.2 Å². The van der Waals surface area contributed by atoms with Crippen LogP contribution >= 0.6 is 0 Å². The molecule has 3 rings (SSSR count). The normalized spacial score (nSPS) is 17.4. The number of nitrogens with one attached hydrogen (secondary N) is 3. The highest BCUT2D eigenvalue weighted by atomic mass is 16.2. The SMILES string of the molecule is CCNC(c1ccc2[nH]c(=O)c(=O)[nH]c2c1)C1CCCC1. The van der Waals surface area contributed by atoms with Crippen molar-refractivity contribution >= 4 is 11.0 Å². The lowest BCUT2D eigenvalue weighted by atomic mass is 9.91. The number of hydrogen-bond donors (Lipinski definition) is 3. The van der Waals surface area contributed by atoms with Crippen molar-refractivity contribution < 1.29 is 0 Å². The Bertz CT molecular complexity index is 741. The van der Waals surface area contributed by atoms with E-state index in [0.29, 0.717) is 23.0 Å². The third kappa shape index (κ3) is 2.78. The predicted octanol–water partition coefficient (Wildman–Crippen LogP) is 2.06. The van der Waals surface area contributed by atoms with E-state index in [1.165, 1.54) is 31.2 Å². The molecule has 1 aromatic heterocycles. The smallest absolute Gasteiger partial charge is 0.314 e. The molecule has 0 saturated heterocycles. The predicted molar refractivity (Wildman–Crippen MR) is 83.6 cm³/mol. The van der Waals surface area contributed by atoms with Crippen LogP contribution in [0, 0.1) is 5.92 Å². The number of H-pyrrole nitrogens is 2. The molecular formula is C16H21N3O2. The summed E-state index contributed by atoms with van der Waals surface area (Å²) < 4.78 is 0. The molecule has 1 fully saturated rings. The number of rotatable bonds is 4. The summed E-state index contributed by atoms with van der Waals surface area (Å²) in [6.07, 6.45) is 5.09. The van der Waals surface area contributed by atoms with Gasteiger partial charge in [-0.05, 0) is 43.0 Å². The van der Waals surface area contributed by atoms with Gasteiger partial charge in [0.1, 0.15) is 0 Å². The number of aromatic amines is 2. The molecule has 1 aromatic carbocycles. The van der Waals surface area contributed by atoms with Gasteiger partial charge in [0, 0.05) is 6.04 Å². The minimum atomic E-state index is -0.603. The molecule has 1 aliphatic carbocycles. The topological polar surface area (TPSA) is 77.8 Å². The zero-order valence-corrected chi connectivity index (χ0v) is 12.2. The molecule has 3 N–H and O–H groups in total. The first kappa shape index (κ1) is 14.1. The van der Waals surface area contributed by atoms with Crippen molar-refractivity contribution in [2.24, 2.45) is 5.92 Å². The van der Waals surface area contributed by atoms with Crippen molar-refractivity contribution in [1.82, 2.24) is 15.3 Å². The molecule has 0 spiro atoms. The van der Waals surface area contributed by atoms with Crippen LogP contribution in [-0.4, -0.2) is 16.5 Å². The monoisotopic (exact) mass is 287 g/mol. The van der Waals surface area contributed by atoms with Gasteiger partial charge >= 0.3 is 11.1 Å². The van der Waals surface area contributed by atoms with E-state index in [9.17, 15) is 9.59 Å². The van der Waals surface area contributed by atoms with Gasteiger partial charge in [-0.3, -0.25) is 9.59 Å². The maximum atomic E-state index is 11.5. The number of fused-ring (bicyclic) bond motifs is 1. The molecule has 5 heteroatoms. The lowest BCUT2D eigenvalue weighted by molar-refractivity contribution is 0.375. The van der Waals surface area contributed by atoms with Crippen LogP contribution in [0.3, 0.4) is 0 Å². The van der Waals surface area contributed by atoms with E-state index in [0.717, 1.165) is 6.54 Å². The van der Waals surface area contributed by atoms with Crippen LogP contribution in [0.2, 0.25) is 0 Å². The second kappa shape index (κ2) is 5.85. The highest BCUT2D eigenvalue weighted by Crippen LogP contribution is 2.36. The van der Waals surface area contributed by atoms with Crippen LogP contribution in [0.4, 0.5) is 0 Å². The third-order valence-corrected chi connectivity index (χ3v) is 4.40. The van der Waals surface area contributed by atoms with Crippen LogP contribution in [0.25, 0.3) is 11.0 Å². The maximum Gasteiger partial charge on any atom is 0.314 e. The van der Waals surface area contributed by atoms with Crippen molar-refractivity contribution in [3.05, 3.63) is 44.5 Å². The van der Waals surface area contributed by atoms with Gasteiger partial charge in [-0.1, -0.05) is 25.8 Å². The van der Waals surface area contributed by atoms with Crippen LogP contribution in [-0.2, 0) is 0 Å². The summed E-state index contributed by atoms with van der Waals surface area (Å²) >= 11 is 0. The summed E-state index contributed by atoms with van der Waals surface area (Å²) in [7, 11) is 0. The molecule has 0 aliphatic heterocycles. The fourth-order valence-corrected chi connectivity index (χ4v) is 3.39. The number of aromatic nitrogens is 2. The molecule has 0 bridgehead atoms. The van der Waals surface area contributed by atoms with E-state index in [-0.39, 0.29) is 0 Å². The Morgan fingerprint density at radius 2 is 1.81 bits per heavy atom. The fourth-order valence-electron chi connectivity index (χ4n) is 3.39.